The predicted octanol–water partition coefficient (Wildman–Crippen LogP) is 2.96. The van der Waals surface area contributed by atoms with Gasteiger partial charge in [-0.3, -0.25) is 4.79 Å². The van der Waals surface area contributed by atoms with Gasteiger partial charge < -0.3 is 15.2 Å². The highest BCUT2D eigenvalue weighted by atomic mass is 16.5. The number of hydrogen-bond acceptors (Lipinski definition) is 3. The van der Waals surface area contributed by atoms with E-state index in [0.717, 1.165) is 12.8 Å². The number of hydrogen-bond donors (Lipinski definition) is 2. The van der Waals surface area contributed by atoms with E-state index in [1.165, 1.54) is 25.7 Å². The molecule has 1 aliphatic rings. The SMILES string of the molecule is CC(O)c1ccccc1OCC(=O)NC1CCCCCC1. The van der Waals surface area contributed by atoms with E-state index in [1.54, 1.807) is 13.0 Å². The number of nitrogens with one attached hydrogen (secondary N) is 1. The lowest BCUT2D eigenvalue weighted by Gasteiger charge is -2.17. The normalized spacial score (nSPS) is 17.8. The van der Waals surface area contributed by atoms with Crippen molar-refractivity contribution in [2.45, 2.75) is 57.6 Å². The maximum Gasteiger partial charge on any atom is 0.258 e. The highest BCUT2D eigenvalue weighted by Crippen LogP contribution is 2.24. The van der Waals surface area contributed by atoms with Crippen molar-refractivity contribution in [1.29, 1.82) is 0 Å². The molecule has 0 radical (unpaired) electrons. The fourth-order valence-corrected chi connectivity index (χ4v) is 2.79. The molecule has 21 heavy (non-hydrogen) atoms. The first-order chi connectivity index (χ1) is 10.2. The zero-order valence-corrected chi connectivity index (χ0v) is 12.7. The first-order valence-electron chi connectivity index (χ1n) is 7.86. The summed E-state index contributed by atoms with van der Waals surface area (Å²) in [5, 5.41) is 12.7. The maximum absolute atomic E-state index is 12.0. The zero-order chi connectivity index (χ0) is 15.1. The number of rotatable bonds is 5. The highest BCUT2D eigenvalue weighted by molar-refractivity contribution is 5.77. The first-order valence-corrected chi connectivity index (χ1v) is 7.86. The Balaban J connectivity index is 1.83. The summed E-state index contributed by atoms with van der Waals surface area (Å²) < 4.78 is 5.56. The number of amides is 1. The van der Waals surface area contributed by atoms with Crippen molar-refractivity contribution in [3.63, 3.8) is 0 Å². The third-order valence-electron chi connectivity index (χ3n) is 3.95. The molecule has 1 aliphatic carbocycles. The van der Waals surface area contributed by atoms with Crippen molar-refractivity contribution in [2.24, 2.45) is 0 Å². The third-order valence-corrected chi connectivity index (χ3v) is 3.95. The van der Waals surface area contributed by atoms with Gasteiger partial charge in [0.2, 0.25) is 0 Å². The molecule has 0 saturated heterocycles. The molecule has 0 spiro atoms. The average molecular weight is 291 g/mol. The summed E-state index contributed by atoms with van der Waals surface area (Å²) in [6.07, 6.45) is 6.44. The summed E-state index contributed by atoms with van der Waals surface area (Å²) in [6, 6.07) is 7.56. The molecular formula is C17H25NO3. The second-order valence-corrected chi connectivity index (χ2v) is 5.76. The predicted molar refractivity (Wildman–Crippen MR) is 82.2 cm³/mol. The van der Waals surface area contributed by atoms with Crippen molar-refractivity contribution in [3.05, 3.63) is 29.8 Å². The minimum atomic E-state index is -0.605. The van der Waals surface area contributed by atoms with Crippen LogP contribution in [0.4, 0.5) is 0 Å². The molecule has 1 fully saturated rings. The van der Waals surface area contributed by atoms with Crippen LogP contribution in [0.1, 0.15) is 57.1 Å². The van der Waals surface area contributed by atoms with Crippen molar-refractivity contribution < 1.29 is 14.6 Å². The van der Waals surface area contributed by atoms with Crippen LogP contribution in [-0.4, -0.2) is 23.7 Å². The molecule has 0 bridgehead atoms. The summed E-state index contributed by atoms with van der Waals surface area (Å²) in [5.74, 6) is 0.491. The molecule has 1 atom stereocenters. The molecule has 116 valence electrons. The van der Waals surface area contributed by atoms with Gasteiger partial charge in [0.25, 0.3) is 5.91 Å². The van der Waals surface area contributed by atoms with Crippen LogP contribution in [0.2, 0.25) is 0 Å². The Labute approximate surface area is 126 Å². The third kappa shape index (κ3) is 5.05. The van der Waals surface area contributed by atoms with Crippen LogP contribution in [-0.2, 0) is 4.79 Å². The van der Waals surface area contributed by atoms with Crippen LogP contribution in [0.3, 0.4) is 0 Å². The van der Waals surface area contributed by atoms with Gasteiger partial charge in [-0.1, -0.05) is 43.9 Å². The Hall–Kier alpha value is -1.55. The van der Waals surface area contributed by atoms with Gasteiger partial charge in [-0.25, -0.2) is 0 Å². The Morgan fingerprint density at radius 3 is 2.62 bits per heavy atom. The number of benzene rings is 1. The Kier molecular flexibility index (Phi) is 6.05. The van der Waals surface area contributed by atoms with E-state index in [1.807, 2.05) is 18.2 Å². The molecule has 1 saturated carbocycles. The van der Waals surface area contributed by atoms with Gasteiger partial charge in [-0.2, -0.15) is 0 Å². The quantitative estimate of drug-likeness (QED) is 0.820. The van der Waals surface area contributed by atoms with Gasteiger partial charge in [0.05, 0.1) is 6.10 Å². The van der Waals surface area contributed by atoms with Gasteiger partial charge in [-0.05, 0) is 25.8 Å². The van der Waals surface area contributed by atoms with E-state index < -0.39 is 6.10 Å². The van der Waals surface area contributed by atoms with Gasteiger partial charge in [0, 0.05) is 11.6 Å². The van der Waals surface area contributed by atoms with Crippen molar-refractivity contribution in [3.8, 4) is 5.75 Å². The van der Waals surface area contributed by atoms with Crippen molar-refractivity contribution in [1.82, 2.24) is 5.32 Å². The van der Waals surface area contributed by atoms with Gasteiger partial charge >= 0.3 is 0 Å². The summed E-state index contributed by atoms with van der Waals surface area (Å²) in [7, 11) is 0. The molecule has 2 rings (SSSR count). The minimum Gasteiger partial charge on any atom is -0.483 e. The molecule has 4 nitrogen and oxygen atoms in total. The first kappa shape index (κ1) is 15.8. The zero-order valence-electron chi connectivity index (χ0n) is 12.7. The largest absolute Gasteiger partial charge is 0.483 e. The van der Waals surface area contributed by atoms with Gasteiger partial charge in [-0.15, -0.1) is 0 Å². The number of para-hydroxylation sites is 1. The van der Waals surface area contributed by atoms with Crippen LogP contribution in [0.5, 0.6) is 5.75 Å². The number of aliphatic hydroxyl groups excluding tert-OH is 1. The molecule has 1 amide bonds. The van der Waals surface area contributed by atoms with E-state index in [2.05, 4.69) is 5.32 Å². The van der Waals surface area contributed by atoms with Crippen LogP contribution < -0.4 is 10.1 Å². The van der Waals surface area contributed by atoms with E-state index in [4.69, 9.17) is 4.74 Å². The van der Waals surface area contributed by atoms with Crippen LogP contribution in [0.25, 0.3) is 0 Å². The molecule has 1 unspecified atom stereocenters. The lowest BCUT2D eigenvalue weighted by atomic mass is 10.1. The Morgan fingerprint density at radius 1 is 1.29 bits per heavy atom. The van der Waals surface area contributed by atoms with Gasteiger partial charge in [0.1, 0.15) is 5.75 Å². The number of aliphatic hydroxyl groups is 1. The second-order valence-electron chi connectivity index (χ2n) is 5.76. The Morgan fingerprint density at radius 2 is 1.95 bits per heavy atom. The smallest absolute Gasteiger partial charge is 0.258 e. The summed E-state index contributed by atoms with van der Waals surface area (Å²) in [5.41, 5.74) is 0.708. The molecule has 0 aromatic heterocycles. The standard InChI is InChI=1S/C17H25NO3/c1-13(19)15-10-6-7-11-16(15)21-12-17(20)18-14-8-4-2-3-5-9-14/h6-7,10-11,13-14,19H,2-5,8-9,12H2,1H3,(H,18,20). The number of carbonyl (C=O) groups excluding carboxylic acids is 1. The fourth-order valence-electron chi connectivity index (χ4n) is 2.79. The summed E-state index contributed by atoms with van der Waals surface area (Å²) in [4.78, 5) is 12.0. The lowest BCUT2D eigenvalue weighted by molar-refractivity contribution is -0.123. The topological polar surface area (TPSA) is 58.6 Å². The van der Waals surface area contributed by atoms with Crippen LogP contribution in [0, 0.1) is 0 Å². The van der Waals surface area contributed by atoms with E-state index in [-0.39, 0.29) is 18.6 Å². The number of ether oxygens (including phenoxy) is 1. The number of carbonyl (C=O) groups is 1. The minimum absolute atomic E-state index is 0.000231. The van der Waals surface area contributed by atoms with Crippen molar-refractivity contribution >= 4 is 5.91 Å². The molecule has 1 aromatic rings. The monoisotopic (exact) mass is 291 g/mol. The summed E-state index contributed by atoms with van der Waals surface area (Å²) >= 11 is 0. The van der Waals surface area contributed by atoms with Gasteiger partial charge in [0.15, 0.2) is 6.61 Å². The highest BCUT2D eigenvalue weighted by Gasteiger charge is 2.15. The average Bonchev–Trinajstić information content (AvgIpc) is 2.74. The lowest BCUT2D eigenvalue weighted by Crippen LogP contribution is -2.37. The molecular weight excluding hydrogens is 266 g/mol. The second kappa shape index (κ2) is 8.03. The van der Waals surface area contributed by atoms with Crippen LogP contribution in [0.15, 0.2) is 24.3 Å². The van der Waals surface area contributed by atoms with Crippen molar-refractivity contribution in [2.75, 3.05) is 6.61 Å². The van der Waals surface area contributed by atoms with Crippen LogP contribution >= 0.6 is 0 Å². The fraction of sp³-hybridized carbons (Fsp3) is 0.588. The molecule has 4 heteroatoms. The molecule has 2 N–H and O–H groups in total. The van der Waals surface area contributed by atoms with E-state index in [9.17, 15) is 9.90 Å². The molecule has 1 aromatic carbocycles. The Bertz CT molecular complexity index is 451. The maximum atomic E-state index is 12.0. The molecule has 0 heterocycles. The molecule has 0 aliphatic heterocycles. The van der Waals surface area contributed by atoms with E-state index >= 15 is 0 Å². The van der Waals surface area contributed by atoms with E-state index in [0.29, 0.717) is 11.3 Å². The summed E-state index contributed by atoms with van der Waals surface area (Å²) in [6.45, 7) is 1.69.